The highest BCUT2D eigenvalue weighted by Crippen LogP contribution is 2.18. The molecule has 0 saturated carbocycles. The minimum atomic E-state index is -3.14. The van der Waals surface area contributed by atoms with Gasteiger partial charge in [0.05, 0.1) is 29.2 Å². The van der Waals surface area contributed by atoms with Crippen LogP contribution in [-0.2, 0) is 9.84 Å². The molecule has 7 heteroatoms. The number of alkyl halides is 1. The smallest absolute Gasteiger partial charge is 0.287 e. The molecule has 88 valence electrons. The maximum absolute atomic E-state index is 11.6. The van der Waals surface area contributed by atoms with Crippen molar-refractivity contribution in [3.63, 3.8) is 0 Å². The van der Waals surface area contributed by atoms with E-state index in [2.05, 4.69) is 5.32 Å². The lowest BCUT2D eigenvalue weighted by Gasteiger charge is -2.12. The van der Waals surface area contributed by atoms with Gasteiger partial charge < -0.3 is 9.73 Å². The summed E-state index contributed by atoms with van der Waals surface area (Å²) < 4.78 is 27.4. The van der Waals surface area contributed by atoms with E-state index >= 15 is 0 Å². The first-order chi connectivity index (χ1) is 7.48. The third kappa shape index (κ3) is 2.38. The third-order valence-electron chi connectivity index (χ3n) is 2.34. The largest absolute Gasteiger partial charge is 0.459 e. The summed E-state index contributed by atoms with van der Waals surface area (Å²) >= 11 is 5.84. The van der Waals surface area contributed by atoms with Crippen molar-refractivity contribution < 1.29 is 17.6 Å². The summed E-state index contributed by atoms with van der Waals surface area (Å²) in [5.74, 6) is -0.517. The second kappa shape index (κ2) is 4.10. The molecule has 0 aliphatic carbocycles. The zero-order valence-corrected chi connectivity index (χ0v) is 9.79. The van der Waals surface area contributed by atoms with Crippen LogP contribution in [-0.4, -0.2) is 37.2 Å². The van der Waals surface area contributed by atoms with E-state index in [1.165, 1.54) is 12.3 Å². The first-order valence-corrected chi connectivity index (χ1v) is 6.92. The van der Waals surface area contributed by atoms with Crippen molar-refractivity contribution in [1.82, 2.24) is 5.32 Å². The SMILES string of the molecule is O=C(N[C@H]1CS(=O)(=O)C[C@H]1Cl)c1ccco1. The maximum Gasteiger partial charge on any atom is 0.287 e. The minimum absolute atomic E-state index is 0.0995. The van der Waals surface area contributed by atoms with Crippen LogP contribution in [0.25, 0.3) is 0 Å². The van der Waals surface area contributed by atoms with Crippen LogP contribution < -0.4 is 5.32 Å². The second-order valence-corrected chi connectivity index (χ2v) is 6.36. The maximum atomic E-state index is 11.6. The summed E-state index contributed by atoms with van der Waals surface area (Å²) in [7, 11) is -3.14. The lowest BCUT2D eigenvalue weighted by atomic mass is 10.2. The third-order valence-corrected chi connectivity index (χ3v) is 4.72. The number of hydrogen-bond acceptors (Lipinski definition) is 4. The number of rotatable bonds is 2. The van der Waals surface area contributed by atoms with Crippen molar-refractivity contribution in [1.29, 1.82) is 0 Å². The van der Waals surface area contributed by atoms with Crippen LogP contribution in [0.4, 0.5) is 0 Å². The molecule has 1 aromatic rings. The first-order valence-electron chi connectivity index (χ1n) is 4.67. The highest BCUT2D eigenvalue weighted by Gasteiger charge is 2.37. The molecule has 2 rings (SSSR count). The summed E-state index contributed by atoms with van der Waals surface area (Å²) in [6.07, 6.45) is 1.37. The Kier molecular flexibility index (Phi) is 2.94. The van der Waals surface area contributed by atoms with Crippen LogP contribution in [0.3, 0.4) is 0 Å². The molecular formula is C9H10ClNO4S. The highest BCUT2D eigenvalue weighted by molar-refractivity contribution is 7.91. The van der Waals surface area contributed by atoms with Gasteiger partial charge in [-0.1, -0.05) is 0 Å². The van der Waals surface area contributed by atoms with Gasteiger partial charge >= 0.3 is 0 Å². The van der Waals surface area contributed by atoms with E-state index in [9.17, 15) is 13.2 Å². The van der Waals surface area contributed by atoms with Crippen molar-refractivity contribution in [2.45, 2.75) is 11.4 Å². The van der Waals surface area contributed by atoms with Gasteiger partial charge in [0.1, 0.15) is 0 Å². The minimum Gasteiger partial charge on any atom is -0.459 e. The molecule has 1 aromatic heterocycles. The van der Waals surface area contributed by atoms with Crippen molar-refractivity contribution in [2.75, 3.05) is 11.5 Å². The average Bonchev–Trinajstić information content (AvgIpc) is 2.74. The molecule has 0 bridgehead atoms. The molecule has 0 radical (unpaired) electrons. The summed E-state index contributed by atoms with van der Waals surface area (Å²) in [6.45, 7) is 0. The Labute approximate surface area is 97.7 Å². The van der Waals surface area contributed by atoms with Gasteiger partial charge in [0, 0.05) is 0 Å². The van der Waals surface area contributed by atoms with Crippen LogP contribution in [0, 0.1) is 0 Å². The van der Waals surface area contributed by atoms with Crippen molar-refractivity contribution in [2.24, 2.45) is 0 Å². The van der Waals surface area contributed by atoms with Crippen LogP contribution in [0.15, 0.2) is 22.8 Å². The number of carbonyl (C=O) groups excluding carboxylic acids is 1. The fraction of sp³-hybridized carbons (Fsp3) is 0.444. The molecule has 1 saturated heterocycles. The highest BCUT2D eigenvalue weighted by atomic mass is 35.5. The van der Waals surface area contributed by atoms with E-state index in [0.717, 1.165) is 0 Å². The average molecular weight is 264 g/mol. The molecule has 16 heavy (non-hydrogen) atoms. The van der Waals surface area contributed by atoms with Crippen molar-refractivity contribution in [3.05, 3.63) is 24.2 Å². The number of carbonyl (C=O) groups is 1. The van der Waals surface area contributed by atoms with Crippen LogP contribution >= 0.6 is 11.6 Å². The number of hydrogen-bond donors (Lipinski definition) is 1. The molecule has 1 fully saturated rings. The Morgan fingerprint density at radius 2 is 2.25 bits per heavy atom. The van der Waals surface area contributed by atoms with E-state index in [4.69, 9.17) is 16.0 Å². The van der Waals surface area contributed by atoms with Gasteiger partial charge in [-0.15, -0.1) is 11.6 Å². The zero-order chi connectivity index (χ0) is 11.8. The normalized spacial score (nSPS) is 27.8. The molecule has 1 N–H and O–H groups in total. The second-order valence-electron chi connectivity index (χ2n) is 3.65. The predicted molar refractivity (Wildman–Crippen MR) is 58.3 cm³/mol. The number of furan rings is 1. The number of halogens is 1. The summed E-state index contributed by atoms with van der Waals surface area (Å²) in [5.41, 5.74) is 0. The molecule has 0 unspecified atom stereocenters. The van der Waals surface area contributed by atoms with Gasteiger partial charge in [-0.2, -0.15) is 0 Å². The zero-order valence-electron chi connectivity index (χ0n) is 8.22. The van der Waals surface area contributed by atoms with Gasteiger partial charge in [0.25, 0.3) is 5.91 Å². The Bertz CT molecular complexity index is 482. The molecule has 0 spiro atoms. The monoisotopic (exact) mass is 263 g/mol. The molecule has 2 atom stereocenters. The number of sulfone groups is 1. The fourth-order valence-corrected chi connectivity index (χ4v) is 4.13. The summed E-state index contributed by atoms with van der Waals surface area (Å²) in [6, 6.07) is 2.53. The molecule has 0 aromatic carbocycles. The lowest BCUT2D eigenvalue weighted by molar-refractivity contribution is 0.0913. The predicted octanol–water partition coefficient (Wildman–Crippen LogP) is 0.414. The molecule has 1 aliphatic heterocycles. The standard InChI is InChI=1S/C9H10ClNO4S/c10-6-4-16(13,14)5-7(6)11-9(12)8-2-1-3-15-8/h1-3,6-7H,4-5H2,(H,11,12)/t6-,7+/m1/s1. The quantitative estimate of drug-likeness (QED) is 0.785. The topological polar surface area (TPSA) is 76.4 Å². The van der Waals surface area contributed by atoms with Crippen LogP contribution in [0.1, 0.15) is 10.6 Å². The van der Waals surface area contributed by atoms with Gasteiger partial charge in [-0.25, -0.2) is 8.42 Å². The molecule has 1 aliphatic rings. The van der Waals surface area contributed by atoms with Crippen LogP contribution in [0.5, 0.6) is 0 Å². The van der Waals surface area contributed by atoms with E-state index in [1.54, 1.807) is 6.07 Å². The molecular weight excluding hydrogens is 254 g/mol. The van der Waals surface area contributed by atoms with E-state index in [0.29, 0.717) is 0 Å². The van der Waals surface area contributed by atoms with Gasteiger partial charge in [-0.3, -0.25) is 4.79 Å². The summed E-state index contributed by atoms with van der Waals surface area (Å²) in [5, 5.41) is 1.96. The number of nitrogens with one attached hydrogen (secondary N) is 1. The first kappa shape index (κ1) is 11.5. The van der Waals surface area contributed by atoms with Crippen molar-refractivity contribution >= 4 is 27.3 Å². The van der Waals surface area contributed by atoms with E-state index in [1.807, 2.05) is 0 Å². The van der Waals surface area contributed by atoms with Crippen LogP contribution in [0.2, 0.25) is 0 Å². The van der Waals surface area contributed by atoms with E-state index in [-0.39, 0.29) is 17.3 Å². The molecule has 5 nitrogen and oxygen atoms in total. The Morgan fingerprint density at radius 3 is 2.75 bits per heavy atom. The molecule has 1 amide bonds. The number of amides is 1. The Balaban J connectivity index is 2.04. The van der Waals surface area contributed by atoms with Gasteiger partial charge in [0.2, 0.25) is 0 Å². The fourth-order valence-electron chi connectivity index (χ4n) is 1.58. The van der Waals surface area contributed by atoms with Gasteiger partial charge in [-0.05, 0) is 12.1 Å². The Hall–Kier alpha value is -1.01. The van der Waals surface area contributed by atoms with Crippen molar-refractivity contribution in [3.8, 4) is 0 Å². The molecule has 2 heterocycles. The summed E-state index contributed by atoms with van der Waals surface area (Å²) in [4.78, 5) is 11.6. The Morgan fingerprint density at radius 1 is 1.50 bits per heavy atom. The van der Waals surface area contributed by atoms with E-state index < -0.39 is 27.2 Å². The van der Waals surface area contributed by atoms with Gasteiger partial charge in [0.15, 0.2) is 15.6 Å². The lowest BCUT2D eigenvalue weighted by Crippen LogP contribution is -2.40.